The number of nitrogens with zero attached hydrogens (tertiary/aromatic N) is 3. The molecule has 1 heterocycles. The smallest absolute Gasteiger partial charge is 0.359 e. The molecule has 3 aromatic rings. The molecule has 32 heavy (non-hydrogen) atoms. The molecule has 0 radical (unpaired) electrons. The quantitative estimate of drug-likeness (QED) is 0.311. The van der Waals surface area contributed by atoms with Gasteiger partial charge in [0.25, 0.3) is 0 Å². The first kappa shape index (κ1) is 22.5. The monoisotopic (exact) mass is 437 g/mol. The number of ketones is 1. The number of hydrogen-bond acceptors (Lipinski definition) is 8. The molecule has 0 aliphatic heterocycles. The minimum absolute atomic E-state index is 0.0713. The van der Waals surface area contributed by atoms with E-state index in [9.17, 15) is 14.4 Å². The van der Waals surface area contributed by atoms with Crippen LogP contribution in [0.2, 0.25) is 0 Å². The van der Waals surface area contributed by atoms with E-state index in [4.69, 9.17) is 15.2 Å². The first-order valence-corrected chi connectivity index (χ1v) is 9.79. The molecule has 2 aromatic carbocycles. The van der Waals surface area contributed by atoms with E-state index in [1.54, 1.807) is 26.2 Å². The van der Waals surface area contributed by atoms with Crippen LogP contribution in [0.1, 0.15) is 46.0 Å². The number of aromatic nitrogens is 3. The third-order valence-corrected chi connectivity index (χ3v) is 4.53. The van der Waals surface area contributed by atoms with Gasteiger partial charge in [-0.3, -0.25) is 9.59 Å². The maximum Gasteiger partial charge on any atom is 0.359 e. The number of carbonyl (C=O) groups excluding carboxylic acids is 3. The number of carbonyl (C=O) groups is 3. The van der Waals surface area contributed by atoms with Crippen molar-refractivity contribution in [2.24, 2.45) is 0 Å². The molecule has 10 nitrogen and oxygen atoms in total. The highest BCUT2D eigenvalue weighted by atomic mass is 16.5. The van der Waals surface area contributed by atoms with Crippen molar-refractivity contribution in [2.75, 3.05) is 24.8 Å². The Bertz CT molecular complexity index is 1150. The van der Waals surface area contributed by atoms with Crippen molar-refractivity contribution < 1.29 is 23.9 Å². The molecule has 0 spiro atoms. The minimum Gasteiger partial charge on any atom is -0.497 e. The van der Waals surface area contributed by atoms with Crippen LogP contribution in [0.15, 0.2) is 42.5 Å². The molecule has 3 N–H and O–H groups in total. The molecule has 1 amide bonds. The molecule has 10 heteroatoms. The Labute approximate surface area is 184 Å². The average molecular weight is 437 g/mol. The number of nitrogen functional groups attached to an aromatic ring is 1. The number of esters is 1. The minimum atomic E-state index is -0.720. The fourth-order valence-electron chi connectivity index (χ4n) is 3.06. The summed E-state index contributed by atoms with van der Waals surface area (Å²) < 4.78 is 11.6. The van der Waals surface area contributed by atoms with Crippen molar-refractivity contribution in [2.45, 2.75) is 20.4 Å². The van der Waals surface area contributed by atoms with E-state index in [1.807, 2.05) is 12.1 Å². The van der Waals surface area contributed by atoms with E-state index in [0.717, 1.165) is 5.56 Å². The van der Waals surface area contributed by atoms with E-state index in [-0.39, 0.29) is 41.7 Å². The zero-order valence-corrected chi connectivity index (χ0v) is 17.9. The van der Waals surface area contributed by atoms with Crippen molar-refractivity contribution in [1.29, 1.82) is 0 Å². The zero-order valence-electron chi connectivity index (χ0n) is 17.9. The van der Waals surface area contributed by atoms with Gasteiger partial charge in [0, 0.05) is 23.9 Å². The first-order valence-electron chi connectivity index (χ1n) is 9.79. The molecule has 0 aliphatic rings. The number of rotatable bonds is 8. The number of benzene rings is 2. The van der Waals surface area contributed by atoms with Gasteiger partial charge in [-0.2, -0.15) is 0 Å². The van der Waals surface area contributed by atoms with Crippen LogP contribution in [0, 0.1) is 0 Å². The lowest BCUT2D eigenvalue weighted by atomic mass is 10.0. The van der Waals surface area contributed by atoms with Gasteiger partial charge in [0.15, 0.2) is 11.4 Å². The van der Waals surface area contributed by atoms with Gasteiger partial charge in [-0.15, -0.1) is 5.10 Å². The SMILES string of the molecule is CCOC(=O)c1c(C(=O)c2ccc(NC(C)=O)cc2N)nnn1Cc1ccc(OC)cc1. The second kappa shape index (κ2) is 9.73. The van der Waals surface area contributed by atoms with Crippen LogP contribution < -0.4 is 15.8 Å². The van der Waals surface area contributed by atoms with Crippen LogP contribution in [0.5, 0.6) is 5.75 Å². The largest absolute Gasteiger partial charge is 0.497 e. The molecule has 0 unspecified atom stereocenters. The third kappa shape index (κ3) is 4.91. The van der Waals surface area contributed by atoms with E-state index >= 15 is 0 Å². The summed E-state index contributed by atoms with van der Waals surface area (Å²) in [5.41, 5.74) is 7.30. The van der Waals surface area contributed by atoms with Crippen LogP contribution in [0.25, 0.3) is 0 Å². The second-order valence-corrected chi connectivity index (χ2v) is 6.83. The molecule has 3 rings (SSSR count). The van der Waals surface area contributed by atoms with Crippen molar-refractivity contribution >= 4 is 29.0 Å². The first-order chi connectivity index (χ1) is 15.3. The highest BCUT2D eigenvalue weighted by Gasteiger charge is 2.28. The van der Waals surface area contributed by atoms with Crippen molar-refractivity contribution in [3.8, 4) is 5.75 Å². The molecule has 0 atom stereocenters. The summed E-state index contributed by atoms with van der Waals surface area (Å²) in [6.45, 7) is 3.33. The summed E-state index contributed by atoms with van der Waals surface area (Å²) in [6, 6.07) is 11.6. The van der Waals surface area contributed by atoms with Gasteiger partial charge >= 0.3 is 5.97 Å². The molecule has 0 fully saturated rings. The number of nitrogens with one attached hydrogen (secondary N) is 1. The van der Waals surface area contributed by atoms with E-state index in [2.05, 4.69) is 15.6 Å². The molecule has 166 valence electrons. The number of hydrogen-bond donors (Lipinski definition) is 2. The molecular weight excluding hydrogens is 414 g/mol. The molecule has 0 bridgehead atoms. The number of amides is 1. The van der Waals surface area contributed by atoms with Gasteiger partial charge in [0.2, 0.25) is 11.7 Å². The normalized spacial score (nSPS) is 10.5. The number of nitrogens with two attached hydrogens (primary N) is 1. The summed E-state index contributed by atoms with van der Waals surface area (Å²) >= 11 is 0. The number of ether oxygens (including phenoxy) is 2. The highest BCUT2D eigenvalue weighted by molar-refractivity contribution is 6.15. The van der Waals surface area contributed by atoms with E-state index in [0.29, 0.717) is 11.4 Å². The predicted molar refractivity (Wildman–Crippen MR) is 117 cm³/mol. The van der Waals surface area contributed by atoms with Gasteiger partial charge in [-0.05, 0) is 42.8 Å². The van der Waals surface area contributed by atoms with Crippen LogP contribution in [0.4, 0.5) is 11.4 Å². The van der Waals surface area contributed by atoms with Crippen molar-refractivity contribution in [1.82, 2.24) is 15.0 Å². The van der Waals surface area contributed by atoms with Crippen LogP contribution >= 0.6 is 0 Å². The maximum absolute atomic E-state index is 13.2. The fourth-order valence-corrected chi connectivity index (χ4v) is 3.06. The zero-order chi connectivity index (χ0) is 23.3. The molecule has 1 aromatic heterocycles. The van der Waals surface area contributed by atoms with E-state index < -0.39 is 11.8 Å². The summed E-state index contributed by atoms with van der Waals surface area (Å²) in [7, 11) is 1.57. The topological polar surface area (TPSA) is 138 Å². The Kier molecular flexibility index (Phi) is 6.83. The molecular formula is C22H23N5O5. The van der Waals surface area contributed by atoms with Crippen LogP contribution in [0.3, 0.4) is 0 Å². The van der Waals surface area contributed by atoms with Gasteiger partial charge < -0.3 is 20.5 Å². The Balaban J connectivity index is 1.97. The maximum atomic E-state index is 13.2. The fraction of sp³-hybridized carbons (Fsp3) is 0.227. The Hall–Kier alpha value is -4.21. The molecule has 0 saturated heterocycles. The second-order valence-electron chi connectivity index (χ2n) is 6.83. The lowest BCUT2D eigenvalue weighted by Gasteiger charge is -2.10. The summed E-state index contributed by atoms with van der Waals surface area (Å²) in [6.07, 6.45) is 0. The van der Waals surface area contributed by atoms with Gasteiger partial charge in [0.1, 0.15) is 5.75 Å². The Morgan fingerprint density at radius 2 is 1.84 bits per heavy atom. The number of methoxy groups -OCH3 is 1. The standard InChI is InChI=1S/C22H23N5O5/c1-4-32-22(30)20-19(21(29)17-10-7-15(11-18(17)23)24-13(2)28)25-26-27(20)12-14-5-8-16(31-3)9-6-14/h5-11H,4,12,23H2,1-3H3,(H,24,28). The van der Waals surface area contributed by atoms with Crippen molar-refractivity contribution in [3.05, 3.63) is 65.0 Å². The van der Waals surface area contributed by atoms with E-state index in [1.165, 1.54) is 29.8 Å². The molecule has 0 aliphatic carbocycles. The van der Waals surface area contributed by atoms with Gasteiger partial charge in [-0.25, -0.2) is 9.48 Å². The Morgan fingerprint density at radius 3 is 2.44 bits per heavy atom. The highest BCUT2D eigenvalue weighted by Crippen LogP contribution is 2.23. The van der Waals surface area contributed by atoms with Crippen molar-refractivity contribution in [3.63, 3.8) is 0 Å². The van der Waals surface area contributed by atoms with Gasteiger partial charge in [-0.1, -0.05) is 17.3 Å². The summed E-state index contributed by atoms with van der Waals surface area (Å²) in [5, 5.41) is 10.5. The predicted octanol–water partition coefficient (Wildman–Crippen LogP) is 2.28. The summed E-state index contributed by atoms with van der Waals surface area (Å²) in [5.74, 6) is -0.884. The molecule has 0 saturated carbocycles. The average Bonchev–Trinajstić information content (AvgIpc) is 3.17. The lowest BCUT2D eigenvalue weighted by Crippen LogP contribution is -2.18. The van der Waals surface area contributed by atoms with Crippen LogP contribution in [-0.4, -0.2) is 46.4 Å². The number of anilines is 2. The third-order valence-electron chi connectivity index (χ3n) is 4.53. The Morgan fingerprint density at radius 1 is 1.12 bits per heavy atom. The lowest BCUT2D eigenvalue weighted by molar-refractivity contribution is -0.114. The summed E-state index contributed by atoms with van der Waals surface area (Å²) in [4.78, 5) is 37.1. The van der Waals surface area contributed by atoms with Gasteiger partial charge in [0.05, 0.1) is 20.3 Å². The van der Waals surface area contributed by atoms with Crippen LogP contribution in [-0.2, 0) is 16.1 Å².